The largest absolute Gasteiger partial charge is 0.497 e. The van der Waals surface area contributed by atoms with Crippen LogP contribution in [0.25, 0.3) is 0 Å². The van der Waals surface area contributed by atoms with Gasteiger partial charge in [0.2, 0.25) is 5.91 Å². The van der Waals surface area contributed by atoms with Crippen LogP contribution in [0.5, 0.6) is 5.75 Å². The molecule has 132 valence electrons. The van der Waals surface area contributed by atoms with Crippen LogP contribution in [0.2, 0.25) is 0 Å². The summed E-state index contributed by atoms with van der Waals surface area (Å²) in [6.07, 6.45) is 2.05. The molecule has 1 N–H and O–H groups in total. The highest BCUT2D eigenvalue weighted by atomic mass is 16.5. The average Bonchev–Trinajstić information content (AvgIpc) is 2.67. The summed E-state index contributed by atoms with van der Waals surface area (Å²) < 4.78 is 5.16. The number of nitrogens with zero attached hydrogens (tertiary/aromatic N) is 1. The first kappa shape index (κ1) is 17.5. The Morgan fingerprint density at radius 1 is 1.12 bits per heavy atom. The number of hydrogen-bond donors (Lipinski definition) is 1. The molecule has 1 fully saturated rings. The molecule has 2 aromatic carbocycles. The van der Waals surface area contributed by atoms with Gasteiger partial charge in [-0.05, 0) is 42.6 Å². The molecule has 1 amide bonds. The first-order valence-corrected chi connectivity index (χ1v) is 8.91. The van der Waals surface area contributed by atoms with Gasteiger partial charge < -0.3 is 10.1 Å². The van der Waals surface area contributed by atoms with Gasteiger partial charge in [-0.25, -0.2) is 0 Å². The molecule has 0 aromatic heterocycles. The number of piperidine rings is 1. The lowest BCUT2D eigenvalue weighted by molar-refractivity contribution is -0.126. The van der Waals surface area contributed by atoms with Crippen molar-refractivity contribution in [2.45, 2.75) is 25.9 Å². The molecule has 1 aliphatic heterocycles. The molecule has 0 radical (unpaired) electrons. The average molecular weight is 338 g/mol. The fraction of sp³-hybridized carbons (Fsp3) is 0.381. The lowest BCUT2D eigenvalue weighted by Gasteiger charge is -2.32. The van der Waals surface area contributed by atoms with Crippen molar-refractivity contribution in [3.05, 3.63) is 65.7 Å². The van der Waals surface area contributed by atoms with Crippen LogP contribution >= 0.6 is 0 Å². The number of nitrogens with one attached hydrogen (secondary N) is 1. The third kappa shape index (κ3) is 5.07. The molecule has 2 aromatic rings. The molecule has 1 unspecified atom stereocenters. The topological polar surface area (TPSA) is 41.6 Å². The Labute approximate surface area is 149 Å². The monoisotopic (exact) mass is 338 g/mol. The molecule has 0 saturated carbocycles. The highest BCUT2D eigenvalue weighted by Crippen LogP contribution is 2.19. The normalized spacial score (nSPS) is 17.9. The van der Waals surface area contributed by atoms with E-state index < -0.39 is 0 Å². The molecule has 0 spiro atoms. The number of carbonyl (C=O) groups is 1. The number of ether oxygens (including phenoxy) is 1. The van der Waals surface area contributed by atoms with Gasteiger partial charge in [-0.1, -0.05) is 42.5 Å². The van der Waals surface area contributed by atoms with Gasteiger partial charge in [0.1, 0.15) is 5.75 Å². The van der Waals surface area contributed by atoms with Crippen LogP contribution in [0.3, 0.4) is 0 Å². The summed E-state index contributed by atoms with van der Waals surface area (Å²) in [5.41, 5.74) is 2.40. The number of methoxy groups -OCH3 is 1. The first-order chi connectivity index (χ1) is 12.2. The summed E-state index contributed by atoms with van der Waals surface area (Å²) in [6.45, 7) is 3.39. The SMILES string of the molecule is COc1ccc(CNC(=O)C2CCCN(Cc3ccccc3)C2)cc1. The summed E-state index contributed by atoms with van der Waals surface area (Å²) >= 11 is 0. The third-order valence-electron chi connectivity index (χ3n) is 4.75. The van der Waals surface area contributed by atoms with Crippen LogP contribution < -0.4 is 10.1 Å². The zero-order valence-electron chi connectivity index (χ0n) is 14.8. The van der Waals surface area contributed by atoms with E-state index >= 15 is 0 Å². The predicted molar refractivity (Wildman–Crippen MR) is 99.3 cm³/mol. The van der Waals surface area contributed by atoms with Crippen molar-refractivity contribution in [1.82, 2.24) is 10.2 Å². The van der Waals surface area contributed by atoms with Crippen molar-refractivity contribution in [1.29, 1.82) is 0 Å². The lowest BCUT2D eigenvalue weighted by Crippen LogP contribution is -2.42. The van der Waals surface area contributed by atoms with Crippen molar-refractivity contribution in [3.8, 4) is 5.75 Å². The molecule has 1 saturated heterocycles. The Balaban J connectivity index is 1.49. The number of likely N-dealkylation sites (tertiary alicyclic amines) is 1. The van der Waals surface area contributed by atoms with E-state index in [2.05, 4.69) is 34.5 Å². The van der Waals surface area contributed by atoms with Crippen LogP contribution in [-0.2, 0) is 17.9 Å². The Morgan fingerprint density at radius 3 is 2.60 bits per heavy atom. The van der Waals surface area contributed by atoms with Gasteiger partial charge in [0.25, 0.3) is 0 Å². The second kappa shape index (κ2) is 8.67. The quantitative estimate of drug-likeness (QED) is 0.879. The Morgan fingerprint density at radius 2 is 1.88 bits per heavy atom. The molecule has 1 atom stereocenters. The minimum Gasteiger partial charge on any atom is -0.497 e. The summed E-state index contributed by atoms with van der Waals surface area (Å²) in [5.74, 6) is 1.07. The smallest absolute Gasteiger partial charge is 0.224 e. The molecular weight excluding hydrogens is 312 g/mol. The van der Waals surface area contributed by atoms with Crippen molar-refractivity contribution >= 4 is 5.91 Å². The van der Waals surface area contributed by atoms with Crippen molar-refractivity contribution < 1.29 is 9.53 Å². The summed E-state index contributed by atoms with van der Waals surface area (Å²) in [7, 11) is 1.65. The lowest BCUT2D eigenvalue weighted by atomic mass is 9.96. The second-order valence-corrected chi connectivity index (χ2v) is 6.63. The van der Waals surface area contributed by atoms with E-state index in [1.807, 2.05) is 30.3 Å². The van der Waals surface area contributed by atoms with Crippen LogP contribution in [0.15, 0.2) is 54.6 Å². The summed E-state index contributed by atoms with van der Waals surface area (Å²) in [4.78, 5) is 14.9. The van der Waals surface area contributed by atoms with Crippen molar-refractivity contribution in [2.75, 3.05) is 20.2 Å². The minimum atomic E-state index is 0.0794. The maximum atomic E-state index is 12.5. The molecule has 4 nitrogen and oxygen atoms in total. The van der Waals surface area contributed by atoms with Crippen LogP contribution in [0.1, 0.15) is 24.0 Å². The van der Waals surface area contributed by atoms with Gasteiger partial charge in [0, 0.05) is 19.6 Å². The van der Waals surface area contributed by atoms with Crippen molar-refractivity contribution in [3.63, 3.8) is 0 Å². The van der Waals surface area contributed by atoms with E-state index in [0.29, 0.717) is 6.54 Å². The molecule has 0 bridgehead atoms. The highest BCUT2D eigenvalue weighted by molar-refractivity contribution is 5.79. The fourth-order valence-electron chi connectivity index (χ4n) is 3.33. The number of rotatable bonds is 6. The molecule has 3 rings (SSSR count). The van der Waals surface area contributed by atoms with E-state index in [1.165, 1.54) is 5.56 Å². The third-order valence-corrected chi connectivity index (χ3v) is 4.75. The summed E-state index contributed by atoms with van der Waals surface area (Å²) in [5, 5.41) is 3.08. The van der Waals surface area contributed by atoms with E-state index in [-0.39, 0.29) is 11.8 Å². The van der Waals surface area contributed by atoms with E-state index in [0.717, 1.165) is 43.8 Å². The zero-order valence-corrected chi connectivity index (χ0v) is 14.8. The number of hydrogen-bond acceptors (Lipinski definition) is 3. The fourth-order valence-corrected chi connectivity index (χ4v) is 3.33. The number of benzene rings is 2. The molecule has 1 heterocycles. The van der Waals surface area contributed by atoms with Crippen LogP contribution in [0.4, 0.5) is 0 Å². The van der Waals surface area contributed by atoms with E-state index in [1.54, 1.807) is 7.11 Å². The predicted octanol–water partition coefficient (Wildman–Crippen LogP) is 3.22. The van der Waals surface area contributed by atoms with Crippen molar-refractivity contribution in [2.24, 2.45) is 5.92 Å². The van der Waals surface area contributed by atoms with E-state index in [4.69, 9.17) is 4.74 Å². The maximum Gasteiger partial charge on any atom is 0.224 e. The second-order valence-electron chi connectivity index (χ2n) is 6.63. The standard InChI is InChI=1S/C21H26N2O2/c1-25-20-11-9-17(10-12-20)14-22-21(24)19-8-5-13-23(16-19)15-18-6-3-2-4-7-18/h2-4,6-7,9-12,19H,5,8,13-16H2,1H3,(H,22,24). The van der Waals surface area contributed by atoms with Crippen LogP contribution in [0, 0.1) is 5.92 Å². The molecule has 1 aliphatic rings. The van der Waals surface area contributed by atoms with Gasteiger partial charge in [-0.2, -0.15) is 0 Å². The van der Waals surface area contributed by atoms with Gasteiger partial charge in [-0.15, -0.1) is 0 Å². The molecule has 0 aliphatic carbocycles. The Kier molecular flexibility index (Phi) is 6.07. The van der Waals surface area contributed by atoms with Gasteiger partial charge in [-0.3, -0.25) is 9.69 Å². The molecular formula is C21H26N2O2. The minimum absolute atomic E-state index is 0.0794. The Bertz CT molecular complexity index is 670. The highest BCUT2D eigenvalue weighted by Gasteiger charge is 2.25. The summed E-state index contributed by atoms with van der Waals surface area (Å²) in [6, 6.07) is 18.3. The molecule has 25 heavy (non-hydrogen) atoms. The molecule has 4 heteroatoms. The maximum absolute atomic E-state index is 12.5. The van der Waals surface area contributed by atoms with Crippen LogP contribution in [-0.4, -0.2) is 31.0 Å². The van der Waals surface area contributed by atoms with Gasteiger partial charge in [0.05, 0.1) is 13.0 Å². The first-order valence-electron chi connectivity index (χ1n) is 8.91. The number of carbonyl (C=O) groups excluding carboxylic acids is 1. The van der Waals surface area contributed by atoms with Gasteiger partial charge in [0.15, 0.2) is 0 Å². The van der Waals surface area contributed by atoms with E-state index in [9.17, 15) is 4.79 Å². The zero-order chi connectivity index (χ0) is 17.5. The Hall–Kier alpha value is -2.33. The number of amides is 1. The van der Waals surface area contributed by atoms with Gasteiger partial charge >= 0.3 is 0 Å².